The maximum absolute atomic E-state index is 13.2. The predicted octanol–water partition coefficient (Wildman–Crippen LogP) is 0.137. The van der Waals surface area contributed by atoms with E-state index < -0.39 is 17.9 Å². The average molecular weight is 244 g/mol. The van der Waals surface area contributed by atoms with E-state index in [0.717, 1.165) is 19.3 Å². The van der Waals surface area contributed by atoms with Crippen molar-refractivity contribution in [3.8, 4) is 0 Å². The molecule has 0 amide bonds. The summed E-state index contributed by atoms with van der Waals surface area (Å²) in [6, 6.07) is 0. The lowest BCUT2D eigenvalue weighted by Gasteiger charge is -2.28. The molecular weight excluding hydrogens is 230 g/mol. The fraction of sp³-hybridized carbons (Fsp3) is 0.600. The lowest BCUT2D eigenvalue weighted by molar-refractivity contribution is 0.0883. The van der Waals surface area contributed by atoms with Gasteiger partial charge >= 0.3 is 0 Å². The lowest BCUT2D eigenvalue weighted by atomic mass is 9.95. The van der Waals surface area contributed by atoms with E-state index in [1.165, 1.54) is 0 Å². The van der Waals surface area contributed by atoms with Crippen molar-refractivity contribution in [1.29, 1.82) is 0 Å². The van der Waals surface area contributed by atoms with Crippen LogP contribution in [0.1, 0.15) is 6.42 Å². The Hall–Kier alpha value is -1.34. The van der Waals surface area contributed by atoms with E-state index in [4.69, 9.17) is 0 Å². The Bertz CT molecular complexity index is 391. The summed E-state index contributed by atoms with van der Waals surface area (Å²) in [5.74, 6) is -2.42. The van der Waals surface area contributed by atoms with E-state index in [9.17, 15) is 13.9 Å². The molecule has 1 fully saturated rings. The monoisotopic (exact) mass is 244 g/mol. The highest BCUT2D eigenvalue weighted by molar-refractivity contribution is 5.34. The third kappa shape index (κ3) is 2.86. The summed E-state index contributed by atoms with van der Waals surface area (Å²) in [6.45, 7) is 1.69. The Kier molecular flexibility index (Phi) is 3.80. The van der Waals surface area contributed by atoms with E-state index in [1.807, 2.05) is 0 Å². The molecule has 2 rings (SSSR count). The topological polar surface area (TPSA) is 70.1 Å². The standard InChI is InChI=1S/C10H14F2N4O/c11-8-9(12)15-5-16-10(8)14-3-6-1-2-13-4-7(6)17/h5-7,13,17H,1-4H2,(H,14,15,16)/t6-,7+/m0/s1. The summed E-state index contributed by atoms with van der Waals surface area (Å²) >= 11 is 0. The van der Waals surface area contributed by atoms with E-state index >= 15 is 0 Å². The molecular formula is C10H14F2N4O. The molecule has 2 heterocycles. The number of rotatable bonds is 3. The van der Waals surface area contributed by atoms with Gasteiger partial charge in [-0.25, -0.2) is 9.97 Å². The minimum absolute atomic E-state index is 0.00803. The maximum atomic E-state index is 13.2. The van der Waals surface area contributed by atoms with Gasteiger partial charge in [-0.05, 0) is 13.0 Å². The number of hydrogen-bond acceptors (Lipinski definition) is 5. The van der Waals surface area contributed by atoms with Gasteiger partial charge in [0, 0.05) is 19.0 Å². The second-order valence-corrected chi connectivity index (χ2v) is 4.03. The van der Waals surface area contributed by atoms with Crippen LogP contribution in [-0.4, -0.2) is 40.8 Å². The molecule has 0 saturated carbocycles. The molecule has 1 aliphatic heterocycles. The van der Waals surface area contributed by atoms with Crippen LogP contribution < -0.4 is 10.6 Å². The SMILES string of the molecule is O[C@@H]1CNCC[C@H]1CNc1ncnc(F)c1F. The van der Waals surface area contributed by atoms with Gasteiger partial charge in [-0.3, -0.25) is 0 Å². The van der Waals surface area contributed by atoms with Gasteiger partial charge in [0.15, 0.2) is 5.82 Å². The van der Waals surface area contributed by atoms with Gasteiger partial charge in [-0.15, -0.1) is 0 Å². The van der Waals surface area contributed by atoms with Crippen LogP contribution in [0.2, 0.25) is 0 Å². The molecule has 0 aliphatic carbocycles. The summed E-state index contributed by atoms with van der Waals surface area (Å²) in [5, 5.41) is 15.4. The number of nitrogens with one attached hydrogen (secondary N) is 2. The molecule has 5 nitrogen and oxygen atoms in total. The van der Waals surface area contributed by atoms with Crippen LogP contribution in [-0.2, 0) is 0 Å². The van der Waals surface area contributed by atoms with E-state index in [2.05, 4.69) is 20.6 Å². The fourth-order valence-corrected chi connectivity index (χ4v) is 1.83. The van der Waals surface area contributed by atoms with Crippen LogP contribution in [0.15, 0.2) is 6.33 Å². The normalized spacial score (nSPS) is 24.6. The van der Waals surface area contributed by atoms with Crippen LogP contribution >= 0.6 is 0 Å². The number of halogens is 2. The first-order valence-corrected chi connectivity index (χ1v) is 5.47. The van der Waals surface area contributed by atoms with Crippen molar-refractivity contribution in [3.05, 3.63) is 18.1 Å². The quantitative estimate of drug-likeness (QED) is 0.660. The number of anilines is 1. The largest absolute Gasteiger partial charge is 0.391 e. The van der Waals surface area contributed by atoms with Gasteiger partial charge < -0.3 is 15.7 Å². The van der Waals surface area contributed by atoms with Crippen molar-refractivity contribution in [2.75, 3.05) is 25.0 Å². The average Bonchev–Trinajstić information content (AvgIpc) is 2.33. The Morgan fingerprint density at radius 2 is 2.29 bits per heavy atom. The summed E-state index contributed by atoms with van der Waals surface area (Å²) in [4.78, 5) is 6.71. The van der Waals surface area contributed by atoms with Crippen LogP contribution in [0, 0.1) is 17.7 Å². The molecule has 94 valence electrons. The number of aromatic nitrogens is 2. The number of nitrogens with zero attached hydrogens (tertiary/aromatic N) is 2. The first-order valence-electron chi connectivity index (χ1n) is 5.47. The van der Waals surface area contributed by atoms with Crippen LogP contribution in [0.5, 0.6) is 0 Å². The molecule has 1 aliphatic rings. The van der Waals surface area contributed by atoms with Crippen molar-refractivity contribution in [2.45, 2.75) is 12.5 Å². The van der Waals surface area contributed by atoms with Crippen molar-refractivity contribution in [3.63, 3.8) is 0 Å². The second-order valence-electron chi connectivity index (χ2n) is 4.03. The fourth-order valence-electron chi connectivity index (χ4n) is 1.83. The smallest absolute Gasteiger partial charge is 0.254 e. The molecule has 0 aromatic carbocycles. The first kappa shape index (κ1) is 12.1. The summed E-state index contributed by atoms with van der Waals surface area (Å²) in [7, 11) is 0. The van der Waals surface area contributed by atoms with Crippen molar-refractivity contribution in [2.24, 2.45) is 5.92 Å². The van der Waals surface area contributed by atoms with E-state index in [1.54, 1.807) is 0 Å². The van der Waals surface area contributed by atoms with Crippen molar-refractivity contribution >= 4 is 5.82 Å². The first-order chi connectivity index (χ1) is 8.18. The maximum Gasteiger partial charge on any atom is 0.254 e. The zero-order chi connectivity index (χ0) is 12.3. The van der Waals surface area contributed by atoms with Gasteiger partial charge in [0.25, 0.3) is 5.95 Å². The molecule has 7 heteroatoms. The van der Waals surface area contributed by atoms with E-state index in [0.29, 0.717) is 13.1 Å². The molecule has 0 bridgehead atoms. The molecule has 1 aromatic rings. The number of hydrogen-bond donors (Lipinski definition) is 3. The Balaban J connectivity index is 1.95. The lowest BCUT2D eigenvalue weighted by Crippen LogP contribution is -2.43. The van der Waals surface area contributed by atoms with Gasteiger partial charge in [0.05, 0.1) is 6.10 Å². The van der Waals surface area contributed by atoms with Crippen LogP contribution in [0.25, 0.3) is 0 Å². The molecule has 17 heavy (non-hydrogen) atoms. The Morgan fingerprint density at radius 3 is 3.06 bits per heavy atom. The highest BCUT2D eigenvalue weighted by atomic mass is 19.2. The van der Waals surface area contributed by atoms with Gasteiger partial charge in [-0.1, -0.05) is 0 Å². The number of aliphatic hydroxyl groups excluding tert-OH is 1. The Morgan fingerprint density at radius 1 is 1.47 bits per heavy atom. The Labute approximate surface area is 97.3 Å². The third-order valence-electron chi connectivity index (χ3n) is 2.87. The third-order valence-corrected chi connectivity index (χ3v) is 2.87. The summed E-state index contributed by atoms with van der Waals surface area (Å²) in [5.41, 5.74) is 0. The van der Waals surface area contributed by atoms with Crippen molar-refractivity contribution in [1.82, 2.24) is 15.3 Å². The van der Waals surface area contributed by atoms with Crippen LogP contribution in [0.4, 0.5) is 14.6 Å². The van der Waals surface area contributed by atoms with Gasteiger partial charge in [-0.2, -0.15) is 8.78 Å². The molecule has 1 saturated heterocycles. The highest BCUT2D eigenvalue weighted by Gasteiger charge is 2.23. The zero-order valence-electron chi connectivity index (χ0n) is 9.16. The molecule has 0 radical (unpaired) electrons. The summed E-state index contributed by atoms with van der Waals surface area (Å²) < 4.78 is 26.0. The molecule has 0 unspecified atom stereocenters. The highest BCUT2D eigenvalue weighted by Crippen LogP contribution is 2.16. The zero-order valence-corrected chi connectivity index (χ0v) is 9.16. The summed E-state index contributed by atoms with van der Waals surface area (Å²) in [6.07, 6.45) is 1.26. The molecule has 1 aromatic heterocycles. The second kappa shape index (κ2) is 5.33. The predicted molar refractivity (Wildman–Crippen MR) is 57.4 cm³/mol. The van der Waals surface area contributed by atoms with Crippen LogP contribution in [0.3, 0.4) is 0 Å². The molecule has 0 spiro atoms. The molecule has 2 atom stereocenters. The minimum atomic E-state index is -1.17. The molecule has 3 N–H and O–H groups in total. The number of piperidine rings is 1. The van der Waals surface area contributed by atoms with Crippen molar-refractivity contribution < 1.29 is 13.9 Å². The van der Waals surface area contributed by atoms with Gasteiger partial charge in [0.1, 0.15) is 6.33 Å². The van der Waals surface area contributed by atoms with E-state index in [-0.39, 0.29) is 11.7 Å². The van der Waals surface area contributed by atoms with Gasteiger partial charge in [0.2, 0.25) is 5.82 Å². The number of aliphatic hydroxyl groups is 1. The number of β-amino-alcohol motifs (C(OH)–C–C–N with tert-alkyl or cyclic N) is 1. The minimum Gasteiger partial charge on any atom is -0.391 e.